The second-order valence-electron chi connectivity index (χ2n) is 26.0. The molecule has 3 heterocycles. The summed E-state index contributed by atoms with van der Waals surface area (Å²) in [5.74, 6) is -0.285. The first-order valence-electron chi connectivity index (χ1n) is 36.7. The number of hydrogen-bond acceptors (Lipinski definition) is 18. The highest BCUT2D eigenvalue weighted by atomic mass is 16.8. The van der Waals surface area contributed by atoms with Gasteiger partial charge < -0.3 is 89.9 Å². The molecular formula is C74H131NO18. The minimum atomic E-state index is -1.98. The number of allylic oxidation sites excluding steroid dienone is 11. The van der Waals surface area contributed by atoms with Gasteiger partial charge in [-0.05, 0) is 70.6 Å². The van der Waals surface area contributed by atoms with Crippen LogP contribution in [0.2, 0.25) is 0 Å². The molecule has 0 aromatic heterocycles. The molecule has 19 heteroatoms. The van der Waals surface area contributed by atoms with Crippen molar-refractivity contribution in [2.24, 2.45) is 0 Å². The van der Waals surface area contributed by atoms with Crippen LogP contribution in [0.1, 0.15) is 258 Å². The van der Waals surface area contributed by atoms with Crippen LogP contribution in [-0.2, 0) is 33.2 Å². The van der Waals surface area contributed by atoms with E-state index < -0.39 is 124 Å². The number of amides is 1. The first-order chi connectivity index (χ1) is 45.3. The topological polar surface area (TPSA) is 307 Å². The van der Waals surface area contributed by atoms with Crippen molar-refractivity contribution in [1.29, 1.82) is 0 Å². The van der Waals surface area contributed by atoms with Crippen molar-refractivity contribution in [2.75, 3.05) is 26.4 Å². The fourth-order valence-corrected chi connectivity index (χ4v) is 12.1. The van der Waals surface area contributed by atoms with Gasteiger partial charge in [0.15, 0.2) is 18.9 Å². The van der Waals surface area contributed by atoms with Gasteiger partial charge in [0.25, 0.3) is 0 Å². The van der Waals surface area contributed by atoms with Crippen LogP contribution < -0.4 is 5.32 Å². The number of aliphatic hydroxyl groups is 11. The largest absolute Gasteiger partial charge is 0.394 e. The van der Waals surface area contributed by atoms with E-state index in [4.69, 9.17) is 28.4 Å². The summed E-state index contributed by atoms with van der Waals surface area (Å²) in [6.45, 7) is 1.62. The van der Waals surface area contributed by atoms with E-state index in [1.165, 1.54) is 161 Å². The molecule has 0 aliphatic carbocycles. The minimum absolute atomic E-state index is 0.234. The number of rotatable bonds is 56. The van der Waals surface area contributed by atoms with Crippen molar-refractivity contribution in [3.05, 3.63) is 72.9 Å². The normalized spacial score (nSPS) is 27.9. The highest BCUT2D eigenvalue weighted by Crippen LogP contribution is 2.33. The molecule has 12 N–H and O–H groups in total. The lowest BCUT2D eigenvalue weighted by molar-refractivity contribution is -0.379. The molecular weight excluding hydrogens is 1190 g/mol. The molecule has 0 spiro atoms. The molecule has 3 aliphatic rings. The number of carbonyl (C=O) groups is 1. The van der Waals surface area contributed by atoms with Gasteiger partial charge in [-0.2, -0.15) is 0 Å². The molecule has 0 aromatic carbocycles. The molecule has 17 unspecified atom stereocenters. The Morgan fingerprint density at radius 2 is 0.753 bits per heavy atom. The molecule has 0 aromatic rings. The van der Waals surface area contributed by atoms with Gasteiger partial charge in [0.1, 0.15) is 73.2 Å². The fourth-order valence-electron chi connectivity index (χ4n) is 12.1. The molecule has 3 rings (SSSR count). The highest BCUT2D eigenvalue weighted by Gasteiger charge is 2.53. The summed E-state index contributed by atoms with van der Waals surface area (Å²) in [6.07, 6.45) is 43.1. The maximum Gasteiger partial charge on any atom is 0.220 e. The summed E-state index contributed by atoms with van der Waals surface area (Å²) in [6, 6.07) is -0.993. The minimum Gasteiger partial charge on any atom is -0.394 e. The first kappa shape index (κ1) is 84.5. The van der Waals surface area contributed by atoms with Crippen LogP contribution in [0, 0.1) is 0 Å². The Hall–Kier alpha value is -2.77. The summed E-state index contributed by atoms with van der Waals surface area (Å²) >= 11 is 0. The average Bonchev–Trinajstić information content (AvgIpc) is 1.00. The van der Waals surface area contributed by atoms with Gasteiger partial charge in [-0.1, -0.05) is 254 Å². The zero-order valence-electron chi connectivity index (χ0n) is 57.2. The summed E-state index contributed by atoms with van der Waals surface area (Å²) in [7, 11) is 0. The Bertz CT molecular complexity index is 1970. The second kappa shape index (κ2) is 55.1. The Balaban J connectivity index is 1.41. The molecule has 19 nitrogen and oxygen atoms in total. The van der Waals surface area contributed by atoms with E-state index in [-0.39, 0.29) is 18.9 Å². The van der Waals surface area contributed by atoms with Gasteiger partial charge in [-0.3, -0.25) is 4.79 Å². The van der Waals surface area contributed by atoms with Gasteiger partial charge in [-0.15, -0.1) is 0 Å². The monoisotopic (exact) mass is 1320 g/mol. The van der Waals surface area contributed by atoms with E-state index in [9.17, 15) is 61.0 Å². The van der Waals surface area contributed by atoms with Crippen LogP contribution in [0.3, 0.4) is 0 Å². The van der Waals surface area contributed by atoms with Crippen molar-refractivity contribution < 1.29 is 89.4 Å². The van der Waals surface area contributed by atoms with Crippen molar-refractivity contribution in [3.8, 4) is 0 Å². The van der Waals surface area contributed by atoms with Gasteiger partial charge in [0.2, 0.25) is 5.91 Å². The van der Waals surface area contributed by atoms with Gasteiger partial charge in [0, 0.05) is 6.42 Å². The molecule has 0 bridgehead atoms. The van der Waals surface area contributed by atoms with E-state index >= 15 is 0 Å². The molecule has 3 fully saturated rings. The van der Waals surface area contributed by atoms with Crippen molar-refractivity contribution in [1.82, 2.24) is 5.32 Å². The lowest BCUT2D eigenvalue weighted by Gasteiger charge is -2.48. The second-order valence-corrected chi connectivity index (χ2v) is 26.0. The Morgan fingerprint density at radius 1 is 0.398 bits per heavy atom. The number of carbonyl (C=O) groups excluding carboxylic acids is 1. The number of hydrogen-bond donors (Lipinski definition) is 12. The molecule has 540 valence electrons. The molecule has 3 aliphatic heterocycles. The smallest absolute Gasteiger partial charge is 0.220 e. The predicted octanol–water partition coefficient (Wildman–Crippen LogP) is 10.5. The third-order valence-electron chi connectivity index (χ3n) is 18.0. The van der Waals surface area contributed by atoms with Crippen molar-refractivity contribution >= 4 is 5.91 Å². The molecule has 0 radical (unpaired) electrons. The van der Waals surface area contributed by atoms with Gasteiger partial charge >= 0.3 is 0 Å². The van der Waals surface area contributed by atoms with Gasteiger partial charge in [-0.25, -0.2) is 0 Å². The standard InChI is InChI=1S/C74H131NO18/c1-3-5-7-9-11-13-15-17-19-21-23-24-25-26-27-28-29-30-31-32-34-36-38-40-42-44-46-48-50-52-62(80)75-57(58(79)51-49-47-45-43-41-39-37-35-33-22-20-18-16-14-12-10-8-6-4-2)56-88-72-68(86)65(83)70(60(54-77)90-72)93-74-69(87)66(84)71(61(55-78)91-74)92-73-67(85)64(82)63(81)59(53-76)89-73/h5,7,11,13,17,19,23-24,41,43,49,51,57-61,63-74,76-79,81-87H,3-4,6,8-10,12,14-16,18,20-22,25-40,42,44-48,50,52-56H2,1-2H3,(H,75,80)/b7-5-,13-11-,19-17-,24-23-,43-41+,51-49+. The molecule has 0 saturated carbocycles. The number of ether oxygens (including phenoxy) is 6. The zero-order chi connectivity index (χ0) is 67.5. The van der Waals surface area contributed by atoms with E-state index in [1.807, 2.05) is 6.08 Å². The Labute approximate surface area is 559 Å². The maximum atomic E-state index is 13.4. The molecule has 93 heavy (non-hydrogen) atoms. The molecule has 1 amide bonds. The molecule has 17 atom stereocenters. The maximum absolute atomic E-state index is 13.4. The SMILES string of the molecule is CC/C=C\C/C=C\C/C=C\C/C=C\CCCCCCCCCCCCCCCCCCC(=O)NC(COC1OC(CO)C(OC2OC(CO)C(OC3OC(CO)C(O)C(O)C3O)C(O)C2O)C(O)C1O)C(O)/C=C/CC/C=C/CCCCCCCCCCCCCCC. The van der Waals surface area contributed by atoms with Gasteiger partial charge in [0.05, 0.1) is 38.6 Å². The Kier molecular flexibility index (Phi) is 50.1. The molecule has 3 saturated heterocycles. The summed E-state index contributed by atoms with van der Waals surface area (Å²) < 4.78 is 34.4. The summed E-state index contributed by atoms with van der Waals surface area (Å²) in [5, 5.41) is 121. The first-order valence-corrected chi connectivity index (χ1v) is 36.7. The third-order valence-corrected chi connectivity index (χ3v) is 18.0. The van der Waals surface area contributed by atoms with E-state index in [2.05, 4.69) is 79.9 Å². The number of nitrogens with one attached hydrogen (secondary N) is 1. The van der Waals surface area contributed by atoms with Crippen LogP contribution in [0.4, 0.5) is 0 Å². The average molecular weight is 1320 g/mol. The fraction of sp³-hybridized carbons (Fsp3) is 0.824. The van der Waals surface area contributed by atoms with E-state index in [0.29, 0.717) is 12.8 Å². The highest BCUT2D eigenvalue weighted by molar-refractivity contribution is 5.76. The summed E-state index contributed by atoms with van der Waals surface area (Å²) in [4.78, 5) is 13.4. The van der Waals surface area contributed by atoms with Crippen LogP contribution in [0.15, 0.2) is 72.9 Å². The Morgan fingerprint density at radius 3 is 1.20 bits per heavy atom. The van der Waals surface area contributed by atoms with E-state index in [1.54, 1.807) is 6.08 Å². The number of unbranched alkanes of at least 4 members (excludes halogenated alkanes) is 30. The lowest BCUT2D eigenvalue weighted by Crippen LogP contribution is -2.66. The zero-order valence-corrected chi connectivity index (χ0v) is 57.2. The van der Waals surface area contributed by atoms with Crippen LogP contribution in [-0.4, -0.2) is 193 Å². The van der Waals surface area contributed by atoms with E-state index in [0.717, 1.165) is 64.2 Å². The van der Waals surface area contributed by atoms with Crippen LogP contribution in [0.25, 0.3) is 0 Å². The van der Waals surface area contributed by atoms with Crippen molar-refractivity contribution in [2.45, 2.75) is 362 Å². The quantitative estimate of drug-likeness (QED) is 0.0199. The van der Waals surface area contributed by atoms with Crippen molar-refractivity contribution in [3.63, 3.8) is 0 Å². The predicted molar refractivity (Wildman–Crippen MR) is 365 cm³/mol. The third kappa shape index (κ3) is 36.6. The number of aliphatic hydroxyl groups excluding tert-OH is 11. The lowest BCUT2D eigenvalue weighted by atomic mass is 9.96. The van der Waals surface area contributed by atoms with Crippen LogP contribution >= 0.6 is 0 Å². The van der Waals surface area contributed by atoms with Crippen LogP contribution in [0.5, 0.6) is 0 Å². The summed E-state index contributed by atoms with van der Waals surface area (Å²) in [5.41, 5.74) is 0.